The number of hydrogen-bond acceptors (Lipinski definition) is 2. The Labute approximate surface area is 140 Å². The third-order valence-electron chi connectivity index (χ3n) is 4.41. The van der Waals surface area contributed by atoms with E-state index in [9.17, 15) is 13.2 Å². The molecule has 0 spiro atoms. The van der Waals surface area contributed by atoms with Crippen LogP contribution in [0.4, 0.5) is 18.9 Å². The van der Waals surface area contributed by atoms with Crippen molar-refractivity contribution in [3.8, 4) is 0 Å². The van der Waals surface area contributed by atoms with Gasteiger partial charge in [-0.1, -0.05) is 36.4 Å². The fourth-order valence-corrected chi connectivity index (χ4v) is 3.12. The Morgan fingerprint density at radius 3 is 2.58 bits per heavy atom. The van der Waals surface area contributed by atoms with E-state index in [1.807, 2.05) is 18.2 Å². The molecule has 2 aromatic carbocycles. The standard InChI is InChI=1S/C19H21F3N2/c20-19(21,22)16-6-4-5-15(13-16)9-11-23-17-10-12-24(14-17)18-7-2-1-3-8-18/h1-8,13,17,23H,9-12,14H2/t17-/m0/s1. The van der Waals surface area contributed by atoms with Crippen molar-refractivity contribution in [1.29, 1.82) is 0 Å². The van der Waals surface area contributed by atoms with Crippen LogP contribution in [0.1, 0.15) is 17.5 Å². The number of alkyl halides is 3. The molecule has 0 amide bonds. The smallest absolute Gasteiger partial charge is 0.370 e. The van der Waals surface area contributed by atoms with Crippen LogP contribution < -0.4 is 10.2 Å². The highest BCUT2D eigenvalue weighted by Crippen LogP contribution is 2.29. The van der Waals surface area contributed by atoms with E-state index >= 15 is 0 Å². The summed E-state index contributed by atoms with van der Waals surface area (Å²) < 4.78 is 38.2. The SMILES string of the molecule is FC(F)(F)c1cccc(CCN[C@H]2CCN(c3ccccc3)C2)c1. The molecule has 1 saturated heterocycles. The minimum absolute atomic E-state index is 0.385. The van der Waals surface area contributed by atoms with Crippen LogP contribution in [0.3, 0.4) is 0 Å². The number of halogens is 3. The average molecular weight is 334 g/mol. The summed E-state index contributed by atoms with van der Waals surface area (Å²) in [5.74, 6) is 0. The summed E-state index contributed by atoms with van der Waals surface area (Å²) in [5, 5.41) is 3.47. The molecule has 0 aromatic heterocycles. The Kier molecular flexibility index (Phi) is 5.09. The van der Waals surface area contributed by atoms with Crippen LogP contribution in [0, 0.1) is 0 Å². The normalized spacial score (nSPS) is 18.1. The van der Waals surface area contributed by atoms with Gasteiger partial charge in [0.15, 0.2) is 0 Å². The first kappa shape index (κ1) is 16.8. The number of anilines is 1. The summed E-state index contributed by atoms with van der Waals surface area (Å²) in [7, 11) is 0. The van der Waals surface area contributed by atoms with E-state index in [2.05, 4.69) is 22.3 Å². The van der Waals surface area contributed by atoms with Gasteiger partial charge in [0.25, 0.3) is 0 Å². The zero-order valence-corrected chi connectivity index (χ0v) is 13.4. The van der Waals surface area contributed by atoms with Crippen molar-refractivity contribution in [3.63, 3.8) is 0 Å². The fourth-order valence-electron chi connectivity index (χ4n) is 3.12. The highest BCUT2D eigenvalue weighted by atomic mass is 19.4. The molecule has 1 heterocycles. The van der Waals surface area contributed by atoms with Crippen molar-refractivity contribution in [3.05, 3.63) is 65.7 Å². The number of nitrogens with one attached hydrogen (secondary N) is 1. The molecular weight excluding hydrogens is 313 g/mol. The molecule has 128 valence electrons. The Hall–Kier alpha value is -2.01. The molecule has 2 aromatic rings. The van der Waals surface area contributed by atoms with Gasteiger partial charge in [-0.15, -0.1) is 0 Å². The molecule has 3 rings (SSSR count). The van der Waals surface area contributed by atoms with Crippen LogP contribution in [-0.4, -0.2) is 25.7 Å². The highest BCUT2D eigenvalue weighted by molar-refractivity contribution is 5.47. The van der Waals surface area contributed by atoms with E-state index in [1.165, 1.54) is 17.8 Å². The number of nitrogens with zero attached hydrogens (tertiary/aromatic N) is 1. The van der Waals surface area contributed by atoms with E-state index in [1.54, 1.807) is 6.07 Å². The molecule has 1 atom stereocenters. The summed E-state index contributed by atoms with van der Waals surface area (Å²) in [6.07, 6.45) is -2.62. The number of rotatable bonds is 5. The molecule has 0 unspecified atom stereocenters. The van der Waals surface area contributed by atoms with Gasteiger partial charge in [0.2, 0.25) is 0 Å². The van der Waals surface area contributed by atoms with Crippen LogP contribution in [0.15, 0.2) is 54.6 Å². The maximum Gasteiger partial charge on any atom is 0.416 e. The van der Waals surface area contributed by atoms with Crippen LogP contribution >= 0.6 is 0 Å². The van der Waals surface area contributed by atoms with E-state index in [0.29, 0.717) is 19.0 Å². The van der Waals surface area contributed by atoms with Crippen molar-refractivity contribution in [2.75, 3.05) is 24.5 Å². The van der Waals surface area contributed by atoms with E-state index in [0.717, 1.165) is 31.1 Å². The summed E-state index contributed by atoms with van der Waals surface area (Å²) in [5.41, 5.74) is 1.37. The van der Waals surface area contributed by atoms with Crippen LogP contribution in [0.5, 0.6) is 0 Å². The van der Waals surface area contributed by atoms with Gasteiger partial charge in [-0.05, 0) is 43.1 Å². The summed E-state index contributed by atoms with van der Waals surface area (Å²) in [4.78, 5) is 2.34. The van der Waals surface area contributed by atoms with Crippen LogP contribution in [0.25, 0.3) is 0 Å². The van der Waals surface area contributed by atoms with Gasteiger partial charge in [0.05, 0.1) is 5.56 Å². The summed E-state index contributed by atoms with van der Waals surface area (Å²) >= 11 is 0. The molecule has 0 aliphatic carbocycles. The Morgan fingerprint density at radius 1 is 1.04 bits per heavy atom. The Bertz CT molecular complexity index is 655. The lowest BCUT2D eigenvalue weighted by Crippen LogP contribution is -2.33. The summed E-state index contributed by atoms with van der Waals surface area (Å²) in [6, 6.07) is 16.2. The van der Waals surface area contributed by atoms with Gasteiger partial charge in [0.1, 0.15) is 0 Å². The zero-order valence-electron chi connectivity index (χ0n) is 13.4. The maximum atomic E-state index is 12.7. The average Bonchev–Trinajstić information content (AvgIpc) is 3.04. The van der Waals surface area contributed by atoms with Gasteiger partial charge in [-0.2, -0.15) is 13.2 Å². The molecule has 1 aliphatic heterocycles. The van der Waals surface area contributed by atoms with Crippen molar-refractivity contribution in [1.82, 2.24) is 5.32 Å². The monoisotopic (exact) mass is 334 g/mol. The minimum Gasteiger partial charge on any atom is -0.370 e. The lowest BCUT2D eigenvalue weighted by atomic mass is 10.1. The largest absolute Gasteiger partial charge is 0.416 e. The molecule has 0 saturated carbocycles. The molecule has 1 aliphatic rings. The topological polar surface area (TPSA) is 15.3 Å². The van der Waals surface area contributed by atoms with Gasteiger partial charge in [-0.3, -0.25) is 0 Å². The molecule has 0 radical (unpaired) electrons. The van der Waals surface area contributed by atoms with Gasteiger partial charge in [-0.25, -0.2) is 0 Å². The fraction of sp³-hybridized carbons (Fsp3) is 0.368. The molecule has 24 heavy (non-hydrogen) atoms. The molecule has 0 bridgehead atoms. The van der Waals surface area contributed by atoms with Crippen molar-refractivity contribution in [2.45, 2.75) is 25.1 Å². The third kappa shape index (κ3) is 4.29. The van der Waals surface area contributed by atoms with E-state index < -0.39 is 11.7 Å². The van der Waals surface area contributed by atoms with Crippen molar-refractivity contribution < 1.29 is 13.2 Å². The zero-order chi connectivity index (χ0) is 17.0. The molecule has 1 N–H and O–H groups in total. The summed E-state index contributed by atoms with van der Waals surface area (Å²) in [6.45, 7) is 2.63. The van der Waals surface area contributed by atoms with Crippen molar-refractivity contribution in [2.24, 2.45) is 0 Å². The van der Waals surface area contributed by atoms with E-state index in [4.69, 9.17) is 0 Å². The second kappa shape index (κ2) is 7.26. The first-order chi connectivity index (χ1) is 11.5. The highest BCUT2D eigenvalue weighted by Gasteiger charge is 2.30. The first-order valence-corrected chi connectivity index (χ1v) is 8.22. The molecule has 2 nitrogen and oxygen atoms in total. The quantitative estimate of drug-likeness (QED) is 0.885. The lowest BCUT2D eigenvalue weighted by molar-refractivity contribution is -0.137. The molecular formula is C19H21F3N2. The van der Waals surface area contributed by atoms with E-state index in [-0.39, 0.29) is 0 Å². The van der Waals surface area contributed by atoms with Crippen LogP contribution in [-0.2, 0) is 12.6 Å². The Balaban J connectivity index is 1.48. The predicted molar refractivity (Wildman–Crippen MR) is 90.2 cm³/mol. The first-order valence-electron chi connectivity index (χ1n) is 8.22. The Morgan fingerprint density at radius 2 is 1.83 bits per heavy atom. The van der Waals surface area contributed by atoms with Gasteiger partial charge in [0, 0.05) is 24.8 Å². The number of para-hydroxylation sites is 1. The van der Waals surface area contributed by atoms with Crippen LogP contribution in [0.2, 0.25) is 0 Å². The number of benzene rings is 2. The molecule has 1 fully saturated rings. The van der Waals surface area contributed by atoms with Gasteiger partial charge >= 0.3 is 6.18 Å². The maximum absolute atomic E-state index is 12.7. The van der Waals surface area contributed by atoms with Gasteiger partial charge < -0.3 is 10.2 Å². The second-order valence-electron chi connectivity index (χ2n) is 6.17. The lowest BCUT2D eigenvalue weighted by Gasteiger charge is -2.19. The third-order valence-corrected chi connectivity index (χ3v) is 4.41. The molecule has 5 heteroatoms. The number of hydrogen-bond donors (Lipinski definition) is 1. The minimum atomic E-state index is -4.27. The van der Waals surface area contributed by atoms with Crippen molar-refractivity contribution >= 4 is 5.69 Å². The predicted octanol–water partition coefficient (Wildman–Crippen LogP) is 4.12. The second-order valence-corrected chi connectivity index (χ2v) is 6.17.